The SMILES string of the molecule is Cc1ccc(NCCCN(C)C)c2c1CC=C1N=c3cc(O)ncc3=C12.Cl.Cl.O. The van der Waals surface area contributed by atoms with Crippen LogP contribution in [0, 0.1) is 6.92 Å². The molecule has 2 aliphatic rings. The van der Waals surface area contributed by atoms with Crippen LogP contribution in [0.2, 0.25) is 0 Å². The van der Waals surface area contributed by atoms with Gasteiger partial charge in [0, 0.05) is 40.9 Å². The van der Waals surface area contributed by atoms with Crippen LogP contribution in [0.25, 0.3) is 5.57 Å². The van der Waals surface area contributed by atoms with Gasteiger partial charge < -0.3 is 20.8 Å². The second kappa shape index (κ2) is 10.1. The maximum Gasteiger partial charge on any atom is 0.212 e. The van der Waals surface area contributed by atoms with E-state index in [1.54, 1.807) is 12.3 Å². The predicted molar refractivity (Wildman–Crippen MR) is 122 cm³/mol. The highest BCUT2D eigenvalue weighted by Gasteiger charge is 2.25. The quantitative estimate of drug-likeness (QED) is 0.695. The van der Waals surface area contributed by atoms with E-state index < -0.39 is 0 Å². The number of hydrogen-bond donors (Lipinski definition) is 2. The maximum atomic E-state index is 9.70. The van der Waals surface area contributed by atoms with Gasteiger partial charge in [0.25, 0.3) is 0 Å². The summed E-state index contributed by atoms with van der Waals surface area (Å²) in [6.45, 7) is 4.15. The second-order valence-corrected chi connectivity index (χ2v) is 7.21. The smallest absolute Gasteiger partial charge is 0.212 e. The first-order valence-corrected chi connectivity index (χ1v) is 9.04. The lowest BCUT2D eigenvalue weighted by atomic mass is 9.86. The van der Waals surface area contributed by atoms with E-state index in [0.717, 1.165) is 53.5 Å². The van der Waals surface area contributed by atoms with Crippen molar-refractivity contribution in [1.82, 2.24) is 9.88 Å². The number of allylic oxidation sites excluding steroid dienone is 2. The van der Waals surface area contributed by atoms with E-state index in [0.29, 0.717) is 0 Å². The van der Waals surface area contributed by atoms with Crippen molar-refractivity contribution in [3.8, 4) is 5.88 Å². The van der Waals surface area contributed by atoms with Crippen LogP contribution in [0.3, 0.4) is 0 Å². The Morgan fingerprint density at radius 1 is 1.21 bits per heavy atom. The first-order chi connectivity index (χ1) is 12.5. The molecule has 1 aromatic heterocycles. The minimum Gasteiger partial charge on any atom is -0.493 e. The Morgan fingerprint density at radius 2 is 1.97 bits per heavy atom. The Kier molecular flexibility index (Phi) is 8.65. The molecule has 0 spiro atoms. The Bertz CT molecular complexity index is 1040. The summed E-state index contributed by atoms with van der Waals surface area (Å²) in [6.07, 6.45) is 5.88. The van der Waals surface area contributed by atoms with Gasteiger partial charge in [-0.05, 0) is 57.6 Å². The Balaban J connectivity index is 0.00000140. The van der Waals surface area contributed by atoms with Crippen molar-refractivity contribution in [3.05, 3.63) is 63.4 Å². The molecule has 0 atom stereocenters. The van der Waals surface area contributed by atoms with Crippen molar-refractivity contribution < 1.29 is 10.6 Å². The number of hydrogen-bond acceptors (Lipinski definition) is 5. The summed E-state index contributed by atoms with van der Waals surface area (Å²) in [6, 6.07) is 6.00. The Hall–Kier alpha value is -2.12. The molecule has 6 nitrogen and oxygen atoms in total. The molecule has 158 valence electrons. The van der Waals surface area contributed by atoms with E-state index >= 15 is 0 Å². The monoisotopic (exact) mass is 438 g/mol. The van der Waals surface area contributed by atoms with Gasteiger partial charge in [-0.15, -0.1) is 24.8 Å². The van der Waals surface area contributed by atoms with E-state index in [9.17, 15) is 5.11 Å². The molecule has 4 N–H and O–H groups in total. The van der Waals surface area contributed by atoms with Crippen LogP contribution < -0.4 is 15.9 Å². The Labute approximate surface area is 183 Å². The summed E-state index contributed by atoms with van der Waals surface area (Å²) in [5, 5.41) is 15.1. The van der Waals surface area contributed by atoms with Gasteiger partial charge in [0.1, 0.15) is 0 Å². The number of aryl methyl sites for hydroxylation is 1. The predicted octanol–water partition coefficient (Wildman–Crippen LogP) is 1.75. The van der Waals surface area contributed by atoms with Crippen LogP contribution in [0.1, 0.15) is 23.1 Å². The lowest BCUT2D eigenvalue weighted by molar-refractivity contribution is 0.405. The first-order valence-electron chi connectivity index (χ1n) is 9.04. The number of fused-ring (bicyclic) bond motifs is 4. The zero-order valence-corrected chi connectivity index (χ0v) is 18.5. The van der Waals surface area contributed by atoms with Gasteiger partial charge in [0.05, 0.1) is 11.1 Å². The molecule has 4 rings (SSSR count). The fraction of sp³-hybridized carbons (Fsp3) is 0.333. The molecule has 0 fully saturated rings. The second-order valence-electron chi connectivity index (χ2n) is 7.21. The number of rotatable bonds is 5. The number of pyridine rings is 1. The van der Waals surface area contributed by atoms with Crippen molar-refractivity contribution in [2.75, 3.05) is 32.5 Å². The third-order valence-electron chi connectivity index (χ3n) is 5.03. The minimum atomic E-state index is 0. The molecule has 29 heavy (non-hydrogen) atoms. The molecule has 0 unspecified atom stereocenters. The van der Waals surface area contributed by atoms with Crippen molar-refractivity contribution in [2.45, 2.75) is 19.8 Å². The van der Waals surface area contributed by atoms with Gasteiger partial charge in [-0.25, -0.2) is 9.98 Å². The van der Waals surface area contributed by atoms with Crippen LogP contribution in [0.4, 0.5) is 5.69 Å². The minimum absolute atomic E-state index is 0. The lowest BCUT2D eigenvalue weighted by Gasteiger charge is -2.23. The van der Waals surface area contributed by atoms with Gasteiger partial charge in [0.2, 0.25) is 5.88 Å². The summed E-state index contributed by atoms with van der Waals surface area (Å²) in [7, 11) is 4.19. The van der Waals surface area contributed by atoms with Crippen molar-refractivity contribution in [2.24, 2.45) is 4.99 Å². The average Bonchev–Trinajstić information content (AvgIpc) is 2.97. The number of halogens is 2. The zero-order chi connectivity index (χ0) is 18.3. The van der Waals surface area contributed by atoms with Crippen molar-refractivity contribution in [1.29, 1.82) is 0 Å². The summed E-state index contributed by atoms with van der Waals surface area (Å²) < 4.78 is 0. The first kappa shape index (κ1) is 24.9. The summed E-state index contributed by atoms with van der Waals surface area (Å²) >= 11 is 0. The van der Waals surface area contributed by atoms with E-state index in [2.05, 4.69) is 54.4 Å². The molecule has 0 amide bonds. The molecule has 1 aliphatic heterocycles. The number of nitrogens with zero attached hydrogens (tertiary/aromatic N) is 3. The number of aromatic nitrogens is 1. The molecular weight excluding hydrogens is 411 g/mol. The summed E-state index contributed by atoms with van der Waals surface area (Å²) in [4.78, 5) is 11.0. The molecular formula is C21H28Cl2N4O2. The van der Waals surface area contributed by atoms with E-state index in [1.807, 2.05) is 0 Å². The fourth-order valence-corrected chi connectivity index (χ4v) is 3.72. The molecule has 0 radical (unpaired) electrons. The van der Waals surface area contributed by atoms with Crippen molar-refractivity contribution >= 4 is 36.1 Å². The number of nitrogens with one attached hydrogen (secondary N) is 1. The maximum absolute atomic E-state index is 9.70. The molecule has 0 saturated heterocycles. The summed E-state index contributed by atoms with van der Waals surface area (Å²) in [5.74, 6) is 0.0128. The largest absolute Gasteiger partial charge is 0.493 e. The molecule has 8 heteroatoms. The highest BCUT2D eigenvalue weighted by atomic mass is 35.5. The molecule has 0 saturated carbocycles. The van der Waals surface area contributed by atoms with E-state index in [1.165, 1.54) is 16.7 Å². The molecule has 2 heterocycles. The van der Waals surface area contributed by atoms with Crippen LogP contribution in [-0.4, -0.2) is 47.7 Å². The zero-order valence-electron chi connectivity index (χ0n) is 16.8. The Morgan fingerprint density at radius 3 is 2.69 bits per heavy atom. The third-order valence-corrected chi connectivity index (χ3v) is 5.03. The fourth-order valence-electron chi connectivity index (χ4n) is 3.72. The standard InChI is InChI=1S/C21H24N4O.2ClH.H2O/c1-13-5-7-16(22-9-4-10-25(2)3)20-14(13)6-8-17-21(20)15-12-23-19(26)11-18(15)24-17;;;/h5,7-8,11-12,22,26H,4,6,9-10H2,1-3H3;2*1H;1H2. The highest BCUT2D eigenvalue weighted by Crippen LogP contribution is 2.38. The molecule has 0 bridgehead atoms. The van der Waals surface area contributed by atoms with E-state index in [4.69, 9.17) is 4.99 Å². The van der Waals surface area contributed by atoms with Crippen LogP contribution in [0.15, 0.2) is 41.2 Å². The molecule has 2 aromatic rings. The van der Waals surface area contributed by atoms with Crippen LogP contribution in [-0.2, 0) is 6.42 Å². The van der Waals surface area contributed by atoms with Crippen LogP contribution in [0.5, 0.6) is 5.88 Å². The molecule has 1 aromatic carbocycles. The normalized spacial score (nSPS) is 13.0. The number of benzene rings is 1. The van der Waals surface area contributed by atoms with Gasteiger partial charge in [-0.1, -0.05) is 12.1 Å². The van der Waals surface area contributed by atoms with Crippen LogP contribution >= 0.6 is 24.8 Å². The van der Waals surface area contributed by atoms with Gasteiger partial charge >= 0.3 is 0 Å². The van der Waals surface area contributed by atoms with E-state index in [-0.39, 0.29) is 36.2 Å². The molecule has 1 aliphatic carbocycles. The van der Waals surface area contributed by atoms with Crippen molar-refractivity contribution in [3.63, 3.8) is 0 Å². The average molecular weight is 439 g/mol. The van der Waals surface area contributed by atoms with Gasteiger partial charge in [-0.2, -0.15) is 0 Å². The number of aromatic hydroxyl groups is 1. The number of anilines is 1. The highest BCUT2D eigenvalue weighted by molar-refractivity contribution is 5.90. The summed E-state index contributed by atoms with van der Waals surface area (Å²) in [5.41, 5.74) is 7.15. The lowest BCUT2D eigenvalue weighted by Crippen LogP contribution is -2.24. The van der Waals surface area contributed by atoms with Gasteiger partial charge in [0.15, 0.2) is 0 Å². The van der Waals surface area contributed by atoms with Gasteiger partial charge in [-0.3, -0.25) is 0 Å². The topological polar surface area (TPSA) is 92.2 Å². The third kappa shape index (κ3) is 4.73.